The SMILES string of the molecule is C=Nc1ccc(F)cc1/C(=N\C)SC1CCOCC1. The lowest BCUT2D eigenvalue weighted by Gasteiger charge is -2.22. The average molecular weight is 280 g/mol. The van der Waals surface area contributed by atoms with Gasteiger partial charge >= 0.3 is 0 Å². The third-order valence-electron chi connectivity index (χ3n) is 3.01. The number of nitrogens with zero attached hydrogens (tertiary/aromatic N) is 2. The third kappa shape index (κ3) is 3.64. The van der Waals surface area contributed by atoms with E-state index in [1.807, 2.05) is 0 Å². The molecule has 2 rings (SSSR count). The van der Waals surface area contributed by atoms with E-state index in [1.165, 1.54) is 12.1 Å². The lowest BCUT2D eigenvalue weighted by molar-refractivity contribution is 0.100. The Labute approximate surface area is 117 Å². The maximum absolute atomic E-state index is 13.4. The lowest BCUT2D eigenvalue weighted by Crippen LogP contribution is -2.19. The Morgan fingerprint density at radius 3 is 2.79 bits per heavy atom. The van der Waals surface area contributed by atoms with Gasteiger partial charge in [-0.05, 0) is 37.8 Å². The zero-order valence-corrected chi connectivity index (χ0v) is 11.8. The van der Waals surface area contributed by atoms with E-state index in [4.69, 9.17) is 4.74 Å². The molecule has 0 radical (unpaired) electrons. The van der Waals surface area contributed by atoms with Gasteiger partial charge in [0.1, 0.15) is 5.82 Å². The number of halogens is 1. The normalized spacial score (nSPS) is 17.5. The van der Waals surface area contributed by atoms with E-state index in [0.29, 0.717) is 16.5 Å². The third-order valence-corrected chi connectivity index (χ3v) is 4.44. The topological polar surface area (TPSA) is 34.0 Å². The summed E-state index contributed by atoms with van der Waals surface area (Å²) in [6.45, 7) is 5.09. The van der Waals surface area contributed by atoms with Gasteiger partial charge in [-0.3, -0.25) is 9.98 Å². The molecule has 0 amide bonds. The number of hydrogen-bond acceptors (Lipinski definition) is 4. The van der Waals surface area contributed by atoms with Crippen molar-refractivity contribution in [1.82, 2.24) is 0 Å². The average Bonchev–Trinajstić information content (AvgIpc) is 2.46. The van der Waals surface area contributed by atoms with Crippen molar-refractivity contribution in [3.8, 4) is 0 Å². The molecule has 19 heavy (non-hydrogen) atoms. The van der Waals surface area contributed by atoms with Gasteiger partial charge in [0.15, 0.2) is 0 Å². The second-order valence-corrected chi connectivity index (χ2v) is 5.57. The standard InChI is InChI=1S/C14H17FN2OS/c1-16-13-4-3-10(15)9-12(13)14(17-2)19-11-5-7-18-8-6-11/h3-4,9,11H,1,5-8H2,2H3/b17-14+. The number of thioether (sulfide) groups is 1. The Balaban J connectivity index is 2.21. The van der Waals surface area contributed by atoms with E-state index in [-0.39, 0.29) is 5.82 Å². The van der Waals surface area contributed by atoms with Crippen LogP contribution < -0.4 is 0 Å². The molecule has 1 saturated heterocycles. The summed E-state index contributed by atoms with van der Waals surface area (Å²) in [5, 5.41) is 1.28. The van der Waals surface area contributed by atoms with E-state index >= 15 is 0 Å². The molecule has 0 aromatic heterocycles. The highest BCUT2D eigenvalue weighted by atomic mass is 32.2. The summed E-state index contributed by atoms with van der Waals surface area (Å²) in [6, 6.07) is 4.49. The Bertz CT molecular complexity index is 484. The molecule has 1 aliphatic heterocycles. The molecule has 1 fully saturated rings. The van der Waals surface area contributed by atoms with E-state index in [0.717, 1.165) is 31.1 Å². The van der Waals surface area contributed by atoms with Gasteiger partial charge in [-0.1, -0.05) is 0 Å². The first kappa shape index (κ1) is 14.2. The van der Waals surface area contributed by atoms with Gasteiger partial charge in [0.05, 0.1) is 10.7 Å². The van der Waals surface area contributed by atoms with Crippen molar-refractivity contribution in [3.63, 3.8) is 0 Å². The van der Waals surface area contributed by atoms with Gasteiger partial charge in [-0.2, -0.15) is 0 Å². The highest BCUT2D eigenvalue weighted by Gasteiger charge is 2.19. The second kappa shape index (κ2) is 6.82. The molecule has 0 atom stereocenters. The first-order chi connectivity index (χ1) is 9.24. The van der Waals surface area contributed by atoms with Crippen molar-refractivity contribution in [2.24, 2.45) is 9.98 Å². The van der Waals surface area contributed by atoms with E-state index in [1.54, 1.807) is 24.9 Å². The molecule has 102 valence electrons. The van der Waals surface area contributed by atoms with E-state index in [2.05, 4.69) is 16.7 Å². The maximum Gasteiger partial charge on any atom is 0.124 e. The fourth-order valence-electron chi connectivity index (χ4n) is 2.01. The molecular weight excluding hydrogens is 263 g/mol. The quantitative estimate of drug-likeness (QED) is 0.628. The van der Waals surface area contributed by atoms with Crippen LogP contribution in [0.25, 0.3) is 0 Å². The van der Waals surface area contributed by atoms with Crippen molar-refractivity contribution in [2.75, 3.05) is 20.3 Å². The molecule has 3 nitrogen and oxygen atoms in total. The molecule has 0 N–H and O–H groups in total. The number of aliphatic imine (C=N–C) groups is 2. The molecule has 0 spiro atoms. The Morgan fingerprint density at radius 2 is 2.16 bits per heavy atom. The summed E-state index contributed by atoms with van der Waals surface area (Å²) in [5.74, 6) is -0.281. The minimum atomic E-state index is -0.281. The summed E-state index contributed by atoms with van der Waals surface area (Å²) in [7, 11) is 1.72. The van der Waals surface area contributed by atoms with Crippen LogP contribution >= 0.6 is 11.8 Å². The van der Waals surface area contributed by atoms with Gasteiger partial charge in [0.2, 0.25) is 0 Å². The largest absolute Gasteiger partial charge is 0.381 e. The number of rotatable bonds is 3. The fourth-order valence-corrected chi connectivity index (χ4v) is 3.15. The molecule has 0 bridgehead atoms. The second-order valence-electron chi connectivity index (χ2n) is 4.28. The number of hydrogen-bond donors (Lipinski definition) is 0. The summed E-state index contributed by atoms with van der Waals surface area (Å²) >= 11 is 1.67. The summed E-state index contributed by atoms with van der Waals surface area (Å²) < 4.78 is 18.8. The van der Waals surface area contributed by atoms with Gasteiger partial charge in [0, 0.05) is 31.1 Å². The molecule has 1 heterocycles. The Hall–Kier alpha value is -1.20. The van der Waals surface area contributed by atoms with Crippen molar-refractivity contribution >= 4 is 29.2 Å². The van der Waals surface area contributed by atoms with Crippen LogP contribution in [0.2, 0.25) is 0 Å². The summed E-state index contributed by atoms with van der Waals surface area (Å²) in [6.07, 6.45) is 1.99. The smallest absolute Gasteiger partial charge is 0.124 e. The lowest BCUT2D eigenvalue weighted by atomic mass is 10.2. The molecule has 1 aliphatic rings. The predicted molar refractivity (Wildman–Crippen MR) is 79.5 cm³/mol. The van der Waals surface area contributed by atoms with Crippen molar-refractivity contribution < 1.29 is 9.13 Å². The van der Waals surface area contributed by atoms with Crippen molar-refractivity contribution in [3.05, 3.63) is 29.6 Å². The van der Waals surface area contributed by atoms with Crippen LogP contribution in [-0.2, 0) is 4.74 Å². The van der Waals surface area contributed by atoms with Gasteiger partial charge < -0.3 is 4.74 Å². The predicted octanol–water partition coefficient (Wildman–Crippen LogP) is 3.45. The van der Waals surface area contributed by atoms with Crippen LogP contribution in [0, 0.1) is 5.82 Å². The summed E-state index contributed by atoms with van der Waals surface area (Å²) in [5.41, 5.74) is 1.38. The molecule has 5 heteroatoms. The monoisotopic (exact) mass is 280 g/mol. The first-order valence-corrected chi connectivity index (χ1v) is 7.10. The number of ether oxygens (including phenoxy) is 1. The molecule has 1 aromatic carbocycles. The molecule has 0 aliphatic carbocycles. The summed E-state index contributed by atoms with van der Waals surface area (Å²) in [4.78, 5) is 8.22. The van der Waals surface area contributed by atoms with Crippen LogP contribution in [0.3, 0.4) is 0 Å². The van der Waals surface area contributed by atoms with Gasteiger partial charge in [-0.25, -0.2) is 4.39 Å². The number of benzene rings is 1. The zero-order chi connectivity index (χ0) is 13.7. The Kier molecular flexibility index (Phi) is 5.10. The van der Waals surface area contributed by atoms with Crippen LogP contribution in [0.1, 0.15) is 18.4 Å². The van der Waals surface area contributed by atoms with E-state index < -0.39 is 0 Å². The minimum Gasteiger partial charge on any atom is -0.381 e. The highest BCUT2D eigenvalue weighted by molar-refractivity contribution is 8.15. The molecule has 0 saturated carbocycles. The van der Waals surface area contributed by atoms with Crippen molar-refractivity contribution in [2.45, 2.75) is 18.1 Å². The van der Waals surface area contributed by atoms with Gasteiger partial charge in [-0.15, -0.1) is 11.8 Å². The minimum absolute atomic E-state index is 0.281. The van der Waals surface area contributed by atoms with Crippen LogP contribution in [0.5, 0.6) is 0 Å². The first-order valence-electron chi connectivity index (χ1n) is 6.22. The maximum atomic E-state index is 13.4. The van der Waals surface area contributed by atoms with Crippen LogP contribution in [0.4, 0.5) is 10.1 Å². The fraction of sp³-hybridized carbons (Fsp3) is 0.429. The van der Waals surface area contributed by atoms with Crippen LogP contribution in [-0.4, -0.2) is 37.3 Å². The molecular formula is C14H17FN2OS. The highest BCUT2D eigenvalue weighted by Crippen LogP contribution is 2.30. The molecule has 0 unspecified atom stereocenters. The van der Waals surface area contributed by atoms with Gasteiger partial charge in [0.25, 0.3) is 0 Å². The van der Waals surface area contributed by atoms with E-state index in [9.17, 15) is 4.39 Å². The van der Waals surface area contributed by atoms with Crippen molar-refractivity contribution in [1.29, 1.82) is 0 Å². The molecule has 1 aromatic rings. The Morgan fingerprint density at radius 1 is 1.42 bits per heavy atom. The van der Waals surface area contributed by atoms with Crippen LogP contribution in [0.15, 0.2) is 28.2 Å². The zero-order valence-electron chi connectivity index (χ0n) is 10.9.